The molecular formula is C12H19N3O5. The minimum Gasteiger partial charge on any atom is -0.385 e. The average molecular weight is 285 g/mol. The van der Waals surface area contributed by atoms with Crippen molar-refractivity contribution in [3.8, 4) is 0 Å². The second-order valence-corrected chi connectivity index (χ2v) is 4.38. The van der Waals surface area contributed by atoms with Crippen LogP contribution in [0.4, 0.5) is 11.4 Å². The molecule has 0 aliphatic heterocycles. The van der Waals surface area contributed by atoms with E-state index in [2.05, 4.69) is 10.3 Å². The fourth-order valence-corrected chi connectivity index (χ4v) is 1.85. The molecule has 8 heteroatoms. The molecule has 8 nitrogen and oxygen atoms in total. The molecule has 0 amide bonds. The molecule has 1 atom stereocenters. The first-order chi connectivity index (χ1) is 9.49. The van der Waals surface area contributed by atoms with Gasteiger partial charge >= 0.3 is 11.2 Å². The van der Waals surface area contributed by atoms with E-state index in [4.69, 9.17) is 9.47 Å². The summed E-state index contributed by atoms with van der Waals surface area (Å²) < 4.78 is 10.0. The third kappa shape index (κ3) is 4.32. The Morgan fingerprint density at radius 2 is 2.15 bits per heavy atom. The molecule has 2 N–H and O–H groups in total. The molecule has 0 fully saturated rings. The summed E-state index contributed by atoms with van der Waals surface area (Å²) in [6.07, 6.45) is 0.605. The van der Waals surface area contributed by atoms with Gasteiger partial charge in [0.2, 0.25) is 0 Å². The Morgan fingerprint density at radius 1 is 1.45 bits per heavy atom. The minimum absolute atomic E-state index is 0.181. The van der Waals surface area contributed by atoms with E-state index in [-0.39, 0.29) is 11.7 Å². The summed E-state index contributed by atoms with van der Waals surface area (Å²) >= 11 is 0. The number of ether oxygens (including phenoxy) is 2. The summed E-state index contributed by atoms with van der Waals surface area (Å²) in [4.78, 5) is 24.4. The zero-order valence-electron chi connectivity index (χ0n) is 11.8. The molecule has 0 saturated heterocycles. The van der Waals surface area contributed by atoms with E-state index in [0.717, 1.165) is 0 Å². The van der Waals surface area contributed by atoms with Gasteiger partial charge in [0.1, 0.15) is 5.69 Å². The maximum atomic E-state index is 11.7. The van der Waals surface area contributed by atoms with Crippen LogP contribution in [0.3, 0.4) is 0 Å². The molecule has 1 aromatic heterocycles. The van der Waals surface area contributed by atoms with E-state index >= 15 is 0 Å². The van der Waals surface area contributed by atoms with Crippen molar-refractivity contribution in [3.05, 3.63) is 32.2 Å². The van der Waals surface area contributed by atoms with E-state index in [1.54, 1.807) is 21.1 Å². The van der Waals surface area contributed by atoms with Gasteiger partial charge in [-0.15, -0.1) is 0 Å². The molecule has 1 unspecified atom stereocenters. The van der Waals surface area contributed by atoms with Gasteiger partial charge < -0.3 is 19.8 Å². The number of hydrogen-bond acceptors (Lipinski definition) is 6. The summed E-state index contributed by atoms with van der Waals surface area (Å²) in [6, 6.07) is 1.36. The Bertz CT molecular complexity index is 514. The topological polar surface area (TPSA) is 106 Å². The summed E-state index contributed by atoms with van der Waals surface area (Å²) in [7, 11) is 3.11. The molecule has 0 aliphatic rings. The average Bonchev–Trinajstić information content (AvgIpc) is 2.34. The highest BCUT2D eigenvalue weighted by Crippen LogP contribution is 2.21. The smallest absolute Gasteiger partial charge is 0.356 e. The minimum atomic E-state index is -0.722. The van der Waals surface area contributed by atoms with Crippen LogP contribution >= 0.6 is 0 Å². The molecular weight excluding hydrogens is 266 g/mol. The van der Waals surface area contributed by atoms with Crippen molar-refractivity contribution in [3.63, 3.8) is 0 Å². The van der Waals surface area contributed by atoms with Crippen molar-refractivity contribution in [2.45, 2.75) is 19.4 Å². The molecule has 112 valence electrons. The summed E-state index contributed by atoms with van der Waals surface area (Å²) in [5.74, 6) is 0. The number of nitrogens with zero attached hydrogens (tertiary/aromatic N) is 1. The highest BCUT2D eigenvalue weighted by molar-refractivity contribution is 5.61. The Balaban J connectivity index is 3.04. The predicted octanol–water partition coefficient (Wildman–Crippen LogP) is 1.05. The number of aromatic nitrogens is 1. The first kappa shape index (κ1) is 16.1. The molecule has 1 heterocycles. The van der Waals surface area contributed by atoms with E-state index < -0.39 is 16.2 Å². The Morgan fingerprint density at radius 3 is 2.70 bits per heavy atom. The number of pyridine rings is 1. The van der Waals surface area contributed by atoms with E-state index in [1.807, 2.05) is 0 Å². The molecule has 0 spiro atoms. The van der Waals surface area contributed by atoms with Gasteiger partial charge in [-0.3, -0.25) is 14.9 Å². The second-order valence-electron chi connectivity index (χ2n) is 4.38. The van der Waals surface area contributed by atoms with E-state index in [0.29, 0.717) is 25.3 Å². The number of methoxy groups -OCH3 is 2. The van der Waals surface area contributed by atoms with Crippen LogP contribution in [0.2, 0.25) is 0 Å². The molecule has 0 saturated carbocycles. The van der Waals surface area contributed by atoms with E-state index in [9.17, 15) is 14.9 Å². The SMILES string of the molecule is COCCC(COC)Nc1cc(C)[nH]c(=O)c1[N+](=O)[O-]. The van der Waals surface area contributed by atoms with Gasteiger partial charge in [-0.2, -0.15) is 0 Å². The third-order valence-corrected chi connectivity index (χ3v) is 2.72. The van der Waals surface area contributed by atoms with Crippen molar-refractivity contribution in [1.29, 1.82) is 0 Å². The van der Waals surface area contributed by atoms with Gasteiger partial charge in [0.25, 0.3) is 0 Å². The van der Waals surface area contributed by atoms with Gasteiger partial charge in [-0.25, -0.2) is 0 Å². The van der Waals surface area contributed by atoms with Crippen molar-refractivity contribution in [2.24, 2.45) is 0 Å². The molecule has 0 radical (unpaired) electrons. The van der Waals surface area contributed by atoms with E-state index in [1.165, 1.54) is 6.07 Å². The van der Waals surface area contributed by atoms with Crippen LogP contribution in [0, 0.1) is 17.0 Å². The number of H-pyrrole nitrogens is 1. The number of aryl methyl sites for hydroxylation is 1. The maximum Gasteiger partial charge on any atom is 0.356 e. The van der Waals surface area contributed by atoms with Crippen LogP contribution in [0.5, 0.6) is 0 Å². The van der Waals surface area contributed by atoms with Crippen molar-refractivity contribution in [2.75, 3.05) is 32.8 Å². The lowest BCUT2D eigenvalue weighted by Crippen LogP contribution is -2.28. The zero-order chi connectivity index (χ0) is 15.1. The van der Waals surface area contributed by atoms with Crippen molar-refractivity contribution < 1.29 is 14.4 Å². The first-order valence-electron chi connectivity index (χ1n) is 6.12. The number of nitrogens with one attached hydrogen (secondary N) is 2. The van der Waals surface area contributed by atoms with Crippen LogP contribution in [-0.4, -0.2) is 43.4 Å². The standard InChI is InChI=1S/C12H19N3O5/c1-8-6-10(11(15(17)18)12(16)13-8)14-9(7-20-3)4-5-19-2/h6,9H,4-5,7H2,1-3H3,(H2,13,14,16). The molecule has 0 aromatic carbocycles. The van der Waals surface area contributed by atoms with Crippen LogP contribution in [0.25, 0.3) is 0 Å². The van der Waals surface area contributed by atoms with Gasteiger partial charge in [-0.1, -0.05) is 0 Å². The largest absolute Gasteiger partial charge is 0.385 e. The second kappa shape index (κ2) is 7.61. The molecule has 1 rings (SSSR count). The molecule has 0 aliphatic carbocycles. The van der Waals surface area contributed by atoms with Crippen LogP contribution in [0.15, 0.2) is 10.9 Å². The number of nitro groups is 1. The van der Waals surface area contributed by atoms with Gasteiger partial charge in [-0.05, 0) is 19.4 Å². The Hall–Kier alpha value is -1.93. The highest BCUT2D eigenvalue weighted by Gasteiger charge is 2.22. The lowest BCUT2D eigenvalue weighted by molar-refractivity contribution is -0.385. The summed E-state index contributed by atoms with van der Waals surface area (Å²) in [5, 5.41) is 14.0. The zero-order valence-corrected chi connectivity index (χ0v) is 11.8. The fraction of sp³-hybridized carbons (Fsp3) is 0.583. The fourth-order valence-electron chi connectivity index (χ4n) is 1.85. The molecule has 0 bridgehead atoms. The first-order valence-corrected chi connectivity index (χ1v) is 6.12. The van der Waals surface area contributed by atoms with Crippen molar-refractivity contribution in [1.82, 2.24) is 4.98 Å². The lowest BCUT2D eigenvalue weighted by atomic mass is 10.2. The normalized spacial score (nSPS) is 12.2. The number of anilines is 1. The number of hydrogen-bond donors (Lipinski definition) is 2. The van der Waals surface area contributed by atoms with Crippen LogP contribution < -0.4 is 10.9 Å². The summed E-state index contributed by atoms with van der Waals surface area (Å²) in [5.41, 5.74) is -0.477. The number of aromatic amines is 1. The monoisotopic (exact) mass is 285 g/mol. The van der Waals surface area contributed by atoms with Crippen molar-refractivity contribution >= 4 is 11.4 Å². The predicted molar refractivity (Wildman–Crippen MR) is 74.2 cm³/mol. The van der Waals surface area contributed by atoms with Crippen LogP contribution in [-0.2, 0) is 9.47 Å². The maximum absolute atomic E-state index is 11.7. The third-order valence-electron chi connectivity index (χ3n) is 2.72. The lowest BCUT2D eigenvalue weighted by Gasteiger charge is -2.18. The number of rotatable bonds is 8. The molecule has 1 aromatic rings. The van der Waals surface area contributed by atoms with Gasteiger partial charge in [0.15, 0.2) is 0 Å². The quantitative estimate of drug-likeness (QED) is 0.546. The Kier molecular flexibility index (Phi) is 6.13. The van der Waals surface area contributed by atoms with Gasteiger partial charge in [0, 0.05) is 26.5 Å². The highest BCUT2D eigenvalue weighted by atomic mass is 16.6. The molecule has 20 heavy (non-hydrogen) atoms. The van der Waals surface area contributed by atoms with Gasteiger partial charge in [0.05, 0.1) is 17.6 Å². The van der Waals surface area contributed by atoms with Crippen LogP contribution in [0.1, 0.15) is 12.1 Å². The Labute approximate surface area is 116 Å². The summed E-state index contributed by atoms with van der Waals surface area (Å²) in [6.45, 7) is 2.50.